The zero-order chi connectivity index (χ0) is 12.3. The Hall–Kier alpha value is -2.23. The summed E-state index contributed by atoms with van der Waals surface area (Å²) in [6, 6.07) is 8.42. The van der Waals surface area contributed by atoms with Gasteiger partial charge in [-0.1, -0.05) is 6.07 Å². The Bertz CT molecular complexity index is 578. The minimum absolute atomic E-state index is 0.346. The number of esters is 1. The fourth-order valence-corrected chi connectivity index (χ4v) is 1.55. The molecule has 0 saturated carbocycles. The number of rotatable bonds is 3. The van der Waals surface area contributed by atoms with Crippen molar-refractivity contribution in [2.75, 3.05) is 6.61 Å². The second kappa shape index (κ2) is 4.74. The number of hydrogen-bond donors (Lipinski definition) is 0. The molecule has 0 atom stereocenters. The lowest BCUT2D eigenvalue weighted by atomic mass is 10.1. The van der Waals surface area contributed by atoms with Crippen molar-refractivity contribution in [3.05, 3.63) is 41.6 Å². The molecule has 17 heavy (non-hydrogen) atoms. The van der Waals surface area contributed by atoms with Gasteiger partial charge in [0.2, 0.25) is 0 Å². The predicted molar refractivity (Wildman–Crippen MR) is 63.1 cm³/mol. The van der Waals surface area contributed by atoms with Crippen molar-refractivity contribution in [1.82, 2.24) is 4.98 Å². The van der Waals surface area contributed by atoms with E-state index in [1.807, 2.05) is 0 Å². The lowest BCUT2D eigenvalue weighted by Crippen LogP contribution is -2.04. The van der Waals surface area contributed by atoms with E-state index in [0.717, 1.165) is 5.39 Å². The Kier molecular flexibility index (Phi) is 3.14. The molecule has 2 aromatic rings. The minimum atomic E-state index is -0.353. The number of carbonyl (C=O) groups excluding carboxylic acids is 2. The summed E-state index contributed by atoms with van der Waals surface area (Å²) >= 11 is 0. The molecule has 0 radical (unpaired) electrons. The molecule has 0 aliphatic carbocycles. The van der Waals surface area contributed by atoms with Crippen LogP contribution in [0.5, 0.6) is 0 Å². The van der Waals surface area contributed by atoms with E-state index in [9.17, 15) is 9.59 Å². The third-order valence-electron chi connectivity index (χ3n) is 2.34. The average molecular weight is 229 g/mol. The summed E-state index contributed by atoms with van der Waals surface area (Å²) in [7, 11) is 0. The zero-order valence-electron chi connectivity index (χ0n) is 9.34. The van der Waals surface area contributed by atoms with Gasteiger partial charge in [-0.3, -0.25) is 4.79 Å². The van der Waals surface area contributed by atoms with Crippen LogP contribution in [0, 0.1) is 0 Å². The smallest absolute Gasteiger partial charge is 0.338 e. The molecule has 4 heteroatoms. The molecular weight excluding hydrogens is 218 g/mol. The lowest BCUT2D eigenvalue weighted by molar-refractivity contribution is 0.0526. The fraction of sp³-hybridized carbons (Fsp3) is 0.154. The summed E-state index contributed by atoms with van der Waals surface area (Å²) in [6.45, 7) is 2.11. The van der Waals surface area contributed by atoms with E-state index in [4.69, 9.17) is 4.74 Å². The van der Waals surface area contributed by atoms with E-state index in [2.05, 4.69) is 4.98 Å². The van der Waals surface area contributed by atoms with E-state index >= 15 is 0 Å². The summed E-state index contributed by atoms with van der Waals surface area (Å²) in [4.78, 5) is 26.2. The zero-order valence-corrected chi connectivity index (χ0v) is 9.34. The highest BCUT2D eigenvalue weighted by molar-refractivity contribution is 5.95. The van der Waals surface area contributed by atoms with E-state index in [-0.39, 0.29) is 5.97 Å². The van der Waals surface area contributed by atoms with Gasteiger partial charge in [0.1, 0.15) is 5.69 Å². The summed E-state index contributed by atoms with van der Waals surface area (Å²) in [5, 5.41) is 0.807. The number of fused-ring (bicyclic) bond motifs is 1. The summed E-state index contributed by atoms with van der Waals surface area (Å²) < 4.78 is 4.91. The van der Waals surface area contributed by atoms with Gasteiger partial charge in [0.05, 0.1) is 17.7 Å². The van der Waals surface area contributed by atoms with Crippen LogP contribution in [0.15, 0.2) is 30.3 Å². The van der Waals surface area contributed by atoms with Gasteiger partial charge in [-0.15, -0.1) is 0 Å². The number of nitrogens with zero attached hydrogens (tertiary/aromatic N) is 1. The van der Waals surface area contributed by atoms with Gasteiger partial charge in [-0.05, 0) is 31.2 Å². The second-order valence-electron chi connectivity index (χ2n) is 3.48. The highest BCUT2D eigenvalue weighted by atomic mass is 16.5. The molecule has 0 fully saturated rings. The molecule has 1 heterocycles. The van der Waals surface area contributed by atoms with Crippen molar-refractivity contribution < 1.29 is 14.3 Å². The van der Waals surface area contributed by atoms with Crippen LogP contribution >= 0.6 is 0 Å². The molecule has 0 aliphatic heterocycles. The molecule has 0 spiro atoms. The van der Waals surface area contributed by atoms with Crippen molar-refractivity contribution in [1.29, 1.82) is 0 Å². The first-order chi connectivity index (χ1) is 8.24. The molecule has 86 valence electrons. The van der Waals surface area contributed by atoms with Crippen LogP contribution in [0.1, 0.15) is 27.8 Å². The molecule has 0 N–H and O–H groups in total. The van der Waals surface area contributed by atoms with Crippen molar-refractivity contribution >= 4 is 23.2 Å². The van der Waals surface area contributed by atoms with Gasteiger partial charge in [0, 0.05) is 5.39 Å². The van der Waals surface area contributed by atoms with E-state index in [0.29, 0.717) is 29.7 Å². The highest BCUT2D eigenvalue weighted by Gasteiger charge is 2.07. The number of aldehydes is 1. The molecule has 0 saturated heterocycles. The van der Waals surface area contributed by atoms with E-state index in [1.54, 1.807) is 37.3 Å². The van der Waals surface area contributed by atoms with Crippen molar-refractivity contribution in [3.63, 3.8) is 0 Å². The lowest BCUT2D eigenvalue weighted by Gasteiger charge is -2.03. The molecule has 0 amide bonds. The number of hydrogen-bond acceptors (Lipinski definition) is 4. The number of carbonyl (C=O) groups is 2. The van der Waals surface area contributed by atoms with Gasteiger partial charge in [0.15, 0.2) is 6.29 Å². The van der Waals surface area contributed by atoms with Crippen LogP contribution in [0.4, 0.5) is 0 Å². The average Bonchev–Trinajstić information content (AvgIpc) is 2.37. The van der Waals surface area contributed by atoms with Crippen LogP contribution < -0.4 is 0 Å². The van der Waals surface area contributed by atoms with E-state index < -0.39 is 0 Å². The first-order valence-electron chi connectivity index (χ1n) is 5.27. The Labute approximate surface area is 98.2 Å². The van der Waals surface area contributed by atoms with Gasteiger partial charge in [-0.25, -0.2) is 9.78 Å². The Balaban J connectivity index is 2.44. The SMILES string of the molecule is CCOC(=O)c1ccc2nc(C=O)ccc2c1. The molecular formula is C13H11NO3. The van der Waals surface area contributed by atoms with Crippen LogP contribution in [-0.4, -0.2) is 23.8 Å². The highest BCUT2D eigenvalue weighted by Crippen LogP contribution is 2.15. The predicted octanol–water partition coefficient (Wildman–Crippen LogP) is 2.22. The third-order valence-corrected chi connectivity index (χ3v) is 2.34. The van der Waals surface area contributed by atoms with Crippen LogP contribution in [-0.2, 0) is 4.74 Å². The number of aromatic nitrogens is 1. The van der Waals surface area contributed by atoms with Gasteiger partial charge in [0.25, 0.3) is 0 Å². The minimum Gasteiger partial charge on any atom is -0.462 e. The third kappa shape index (κ3) is 2.30. The van der Waals surface area contributed by atoms with E-state index in [1.165, 1.54) is 0 Å². The molecule has 0 unspecified atom stereocenters. The maximum Gasteiger partial charge on any atom is 0.338 e. The Morgan fingerprint density at radius 3 is 2.88 bits per heavy atom. The Morgan fingerprint density at radius 2 is 2.18 bits per heavy atom. The van der Waals surface area contributed by atoms with Crippen LogP contribution in [0.25, 0.3) is 10.9 Å². The first-order valence-corrected chi connectivity index (χ1v) is 5.27. The summed E-state index contributed by atoms with van der Waals surface area (Å²) in [5.41, 5.74) is 1.55. The summed E-state index contributed by atoms with van der Waals surface area (Å²) in [5.74, 6) is -0.353. The quantitative estimate of drug-likeness (QED) is 0.598. The standard InChI is InChI=1S/C13H11NO3/c1-2-17-13(16)10-4-6-12-9(7-10)3-5-11(8-15)14-12/h3-8H,2H2,1H3. The largest absolute Gasteiger partial charge is 0.462 e. The molecule has 2 rings (SSSR count). The second-order valence-corrected chi connectivity index (χ2v) is 3.48. The van der Waals surface area contributed by atoms with Crippen molar-refractivity contribution in [2.45, 2.75) is 6.92 Å². The first kappa shape index (κ1) is 11.3. The van der Waals surface area contributed by atoms with Crippen LogP contribution in [0.3, 0.4) is 0 Å². The Morgan fingerprint density at radius 1 is 1.35 bits per heavy atom. The molecule has 0 bridgehead atoms. The number of pyridine rings is 1. The van der Waals surface area contributed by atoms with Gasteiger partial charge < -0.3 is 4.74 Å². The molecule has 1 aromatic carbocycles. The monoisotopic (exact) mass is 229 g/mol. The summed E-state index contributed by atoms with van der Waals surface area (Å²) in [6.07, 6.45) is 0.693. The molecule has 1 aromatic heterocycles. The maximum absolute atomic E-state index is 11.5. The normalized spacial score (nSPS) is 10.2. The number of ether oxygens (including phenoxy) is 1. The topological polar surface area (TPSA) is 56.3 Å². The van der Waals surface area contributed by atoms with Crippen molar-refractivity contribution in [2.24, 2.45) is 0 Å². The van der Waals surface area contributed by atoms with Gasteiger partial charge in [-0.2, -0.15) is 0 Å². The fourth-order valence-electron chi connectivity index (χ4n) is 1.55. The number of benzene rings is 1. The molecule has 0 aliphatic rings. The van der Waals surface area contributed by atoms with Crippen molar-refractivity contribution in [3.8, 4) is 0 Å². The molecule has 4 nitrogen and oxygen atoms in total. The van der Waals surface area contributed by atoms with Gasteiger partial charge >= 0.3 is 5.97 Å². The van der Waals surface area contributed by atoms with Crippen LogP contribution in [0.2, 0.25) is 0 Å². The maximum atomic E-state index is 11.5.